The summed E-state index contributed by atoms with van der Waals surface area (Å²) in [5, 5.41) is 14.4. The van der Waals surface area contributed by atoms with Gasteiger partial charge in [-0.2, -0.15) is 4.31 Å². The second-order valence-corrected chi connectivity index (χ2v) is 9.59. The van der Waals surface area contributed by atoms with Crippen LogP contribution in [0, 0.1) is 10.1 Å². The highest BCUT2D eigenvalue weighted by Gasteiger charge is 2.30. The Morgan fingerprint density at radius 1 is 1.13 bits per heavy atom. The van der Waals surface area contributed by atoms with Crippen LogP contribution in [0.5, 0.6) is 0 Å². The van der Waals surface area contributed by atoms with E-state index in [4.69, 9.17) is 4.74 Å². The van der Waals surface area contributed by atoms with E-state index in [0.717, 1.165) is 0 Å². The molecule has 1 aliphatic rings. The molecule has 0 aliphatic carbocycles. The maximum absolute atomic E-state index is 12.6. The quantitative estimate of drug-likeness (QED) is 0.375. The van der Waals surface area contributed by atoms with Crippen LogP contribution in [0.15, 0.2) is 48.5 Å². The van der Waals surface area contributed by atoms with Crippen molar-refractivity contribution in [1.29, 1.82) is 0 Å². The van der Waals surface area contributed by atoms with Crippen molar-refractivity contribution in [3.05, 3.63) is 69.8 Å². The minimum absolute atomic E-state index is 0.00469. The number of ketones is 1. The predicted molar refractivity (Wildman–Crippen MR) is 117 cm³/mol. The fourth-order valence-corrected chi connectivity index (χ4v) is 5.02. The number of morpholine rings is 1. The van der Waals surface area contributed by atoms with E-state index in [1.807, 2.05) is 13.8 Å². The number of nitro benzene ring substituents is 1. The molecule has 1 N–H and O–H groups in total. The third-order valence-corrected chi connectivity index (χ3v) is 6.75. The van der Waals surface area contributed by atoms with Gasteiger partial charge in [0.1, 0.15) is 5.69 Å². The fraction of sp³-hybridized carbons (Fsp3) is 0.381. The topological polar surface area (TPSA) is 119 Å². The largest absolute Gasteiger partial charge is 0.378 e. The molecule has 3 rings (SSSR count). The number of hydrogen-bond donors (Lipinski definition) is 1. The average Bonchev–Trinajstić information content (AvgIpc) is 2.73. The highest BCUT2D eigenvalue weighted by molar-refractivity contribution is 7.89. The molecule has 1 aliphatic heterocycles. The first kappa shape index (κ1) is 22.9. The van der Waals surface area contributed by atoms with Crippen LogP contribution in [0.2, 0.25) is 0 Å². The number of hydrogen-bond acceptors (Lipinski definition) is 7. The highest BCUT2D eigenvalue weighted by atomic mass is 32.2. The van der Waals surface area contributed by atoms with Gasteiger partial charge < -0.3 is 10.1 Å². The number of sulfonamides is 1. The Kier molecular flexibility index (Phi) is 7.04. The molecule has 0 unspecified atom stereocenters. The van der Waals surface area contributed by atoms with Crippen LogP contribution < -0.4 is 5.32 Å². The van der Waals surface area contributed by atoms with Crippen LogP contribution in [-0.4, -0.2) is 61.0 Å². The molecule has 10 heteroatoms. The van der Waals surface area contributed by atoms with Crippen LogP contribution in [0.3, 0.4) is 0 Å². The van der Waals surface area contributed by atoms with Gasteiger partial charge in [-0.25, -0.2) is 8.42 Å². The van der Waals surface area contributed by atoms with E-state index in [0.29, 0.717) is 5.56 Å². The van der Waals surface area contributed by atoms with Crippen LogP contribution in [0.25, 0.3) is 0 Å². The van der Waals surface area contributed by atoms with Gasteiger partial charge in [0.05, 0.1) is 22.9 Å². The van der Waals surface area contributed by atoms with Gasteiger partial charge in [-0.05, 0) is 26.0 Å². The van der Waals surface area contributed by atoms with Crippen molar-refractivity contribution in [2.24, 2.45) is 0 Å². The molecule has 1 fully saturated rings. The van der Waals surface area contributed by atoms with E-state index in [1.165, 1.54) is 22.5 Å². The number of anilines is 1. The molecule has 0 spiro atoms. The lowest BCUT2D eigenvalue weighted by Gasteiger charge is -2.34. The molecule has 0 saturated carbocycles. The summed E-state index contributed by atoms with van der Waals surface area (Å²) in [5.41, 5.74) is 0.492. The number of nitro groups is 1. The van der Waals surface area contributed by atoms with Gasteiger partial charge in [0, 0.05) is 36.8 Å². The number of rotatable bonds is 8. The van der Waals surface area contributed by atoms with Gasteiger partial charge >= 0.3 is 0 Å². The van der Waals surface area contributed by atoms with Crippen molar-refractivity contribution in [3.8, 4) is 0 Å². The lowest BCUT2D eigenvalue weighted by molar-refractivity contribution is -0.384. The Balaban J connectivity index is 1.70. The molecular weight excluding hydrogens is 422 g/mol. The lowest BCUT2D eigenvalue weighted by atomic mass is 10.0. The van der Waals surface area contributed by atoms with Crippen molar-refractivity contribution in [2.75, 3.05) is 30.7 Å². The molecule has 31 heavy (non-hydrogen) atoms. The molecule has 166 valence electrons. The van der Waals surface area contributed by atoms with Crippen molar-refractivity contribution in [1.82, 2.24) is 4.31 Å². The maximum atomic E-state index is 12.6. The van der Waals surface area contributed by atoms with E-state index in [1.54, 1.807) is 30.3 Å². The number of ether oxygens (including phenoxy) is 1. The number of benzene rings is 2. The number of carbonyl (C=O) groups excluding carboxylic acids is 1. The number of nitrogens with one attached hydrogen (secondary N) is 1. The van der Waals surface area contributed by atoms with Crippen LogP contribution >= 0.6 is 0 Å². The Morgan fingerprint density at radius 2 is 1.77 bits per heavy atom. The predicted octanol–water partition coefficient (Wildman–Crippen LogP) is 2.68. The molecule has 0 amide bonds. The Bertz CT molecular complexity index is 1050. The van der Waals surface area contributed by atoms with Crippen LogP contribution in [-0.2, 0) is 14.8 Å². The van der Waals surface area contributed by atoms with Crippen molar-refractivity contribution < 1.29 is 22.9 Å². The van der Waals surface area contributed by atoms with Crippen molar-refractivity contribution in [2.45, 2.75) is 26.1 Å². The summed E-state index contributed by atoms with van der Waals surface area (Å²) in [7, 11) is -3.54. The molecule has 0 aromatic heterocycles. The first-order valence-electron chi connectivity index (χ1n) is 9.92. The van der Waals surface area contributed by atoms with Gasteiger partial charge in [-0.3, -0.25) is 14.9 Å². The third kappa shape index (κ3) is 5.66. The number of nitrogens with zero attached hydrogens (tertiary/aromatic N) is 2. The van der Waals surface area contributed by atoms with E-state index >= 15 is 0 Å². The number of carbonyl (C=O) groups is 1. The summed E-state index contributed by atoms with van der Waals surface area (Å²) < 4.78 is 32.2. The minimum Gasteiger partial charge on any atom is -0.378 e. The van der Waals surface area contributed by atoms with Crippen molar-refractivity contribution in [3.63, 3.8) is 0 Å². The Morgan fingerprint density at radius 3 is 2.39 bits per heavy atom. The lowest BCUT2D eigenvalue weighted by Crippen LogP contribution is -2.49. The van der Waals surface area contributed by atoms with Gasteiger partial charge in [0.2, 0.25) is 10.0 Å². The molecule has 2 aromatic carbocycles. The zero-order valence-corrected chi connectivity index (χ0v) is 18.2. The second-order valence-electron chi connectivity index (χ2n) is 7.50. The summed E-state index contributed by atoms with van der Waals surface area (Å²) in [6.07, 6.45) is -0.385. The molecule has 2 aromatic rings. The monoisotopic (exact) mass is 447 g/mol. The molecule has 9 nitrogen and oxygen atoms in total. The van der Waals surface area contributed by atoms with Crippen LogP contribution in [0.1, 0.15) is 29.8 Å². The molecule has 1 saturated heterocycles. The molecule has 1 heterocycles. The Hall–Kier alpha value is -2.82. The zero-order chi connectivity index (χ0) is 22.6. The van der Waals surface area contributed by atoms with E-state index in [9.17, 15) is 23.3 Å². The minimum atomic E-state index is -3.54. The summed E-state index contributed by atoms with van der Waals surface area (Å²) in [4.78, 5) is 23.5. The molecule has 2 atom stereocenters. The van der Waals surface area contributed by atoms with Crippen molar-refractivity contribution >= 4 is 27.2 Å². The zero-order valence-electron chi connectivity index (χ0n) is 17.4. The third-order valence-electron chi connectivity index (χ3n) is 4.95. The van der Waals surface area contributed by atoms with Gasteiger partial charge in [0.25, 0.3) is 5.69 Å². The van der Waals surface area contributed by atoms with Gasteiger partial charge in [-0.15, -0.1) is 0 Å². The first-order chi connectivity index (χ1) is 14.7. The van der Waals surface area contributed by atoms with E-state index < -0.39 is 14.9 Å². The standard InChI is InChI=1S/C21H25N3O6S/c1-15-13-23(14-16(2)30-15)31(28,29)11-10-22-19-9-8-18(12-20(19)24(26)27)21(25)17-6-4-3-5-7-17/h3-9,12,15-16,22H,10-11,13-14H2,1-2H3/t15-,16+. The first-order valence-corrected chi connectivity index (χ1v) is 11.5. The maximum Gasteiger partial charge on any atom is 0.293 e. The SMILES string of the molecule is C[C@@H]1CN(S(=O)(=O)CCNc2ccc(C(=O)c3ccccc3)cc2[N+](=O)[O-])C[C@H](C)O1. The summed E-state index contributed by atoms with van der Waals surface area (Å²) in [6.45, 7) is 4.19. The second kappa shape index (κ2) is 9.54. The van der Waals surface area contributed by atoms with E-state index in [2.05, 4.69) is 5.32 Å². The molecule has 0 radical (unpaired) electrons. The average molecular weight is 448 g/mol. The summed E-state index contributed by atoms with van der Waals surface area (Å²) >= 11 is 0. The molecular formula is C21H25N3O6S. The van der Waals surface area contributed by atoms with Gasteiger partial charge in [0.15, 0.2) is 5.78 Å². The summed E-state index contributed by atoms with van der Waals surface area (Å²) in [5.74, 6) is -0.540. The summed E-state index contributed by atoms with van der Waals surface area (Å²) in [6, 6.07) is 12.6. The smallest absolute Gasteiger partial charge is 0.293 e. The van der Waals surface area contributed by atoms with Crippen LogP contribution in [0.4, 0.5) is 11.4 Å². The highest BCUT2D eigenvalue weighted by Crippen LogP contribution is 2.27. The van der Waals surface area contributed by atoms with Gasteiger partial charge in [-0.1, -0.05) is 30.3 Å². The molecule has 0 bridgehead atoms. The Labute approximate surface area is 181 Å². The van der Waals surface area contributed by atoms with E-state index in [-0.39, 0.29) is 60.3 Å². The normalized spacial score (nSPS) is 19.7. The fourth-order valence-electron chi connectivity index (χ4n) is 3.53.